The number of rotatable bonds is 8. The van der Waals surface area contributed by atoms with Gasteiger partial charge in [0, 0.05) is 25.0 Å². The van der Waals surface area contributed by atoms with Gasteiger partial charge in [-0.1, -0.05) is 17.7 Å². The summed E-state index contributed by atoms with van der Waals surface area (Å²) < 4.78 is 40.1. The molecule has 2 heterocycles. The van der Waals surface area contributed by atoms with Gasteiger partial charge < -0.3 is 15.2 Å². The van der Waals surface area contributed by atoms with E-state index in [2.05, 4.69) is 15.9 Å². The molecule has 9 heteroatoms. The number of benzene rings is 1. The number of carbonyl (C=O) groups is 1. The molecule has 0 unspecified atom stereocenters. The number of thioether (sulfide) groups is 1. The summed E-state index contributed by atoms with van der Waals surface area (Å²) >= 11 is 1.42. The van der Waals surface area contributed by atoms with Gasteiger partial charge in [0.15, 0.2) is 22.6 Å². The fraction of sp³-hybridized carbons (Fsp3) is 0.400. The molecule has 0 amide bonds. The first-order valence-corrected chi connectivity index (χ1v) is 11.5. The van der Waals surface area contributed by atoms with Crippen molar-refractivity contribution in [2.75, 3.05) is 20.3 Å². The third-order valence-corrected chi connectivity index (χ3v) is 7.66. The van der Waals surface area contributed by atoms with Crippen LogP contribution in [0.4, 0.5) is 8.78 Å². The zero-order valence-electron chi connectivity index (χ0n) is 19.2. The molecule has 178 valence electrons. The highest BCUT2D eigenvalue weighted by atomic mass is 32.2. The Labute approximate surface area is 201 Å². The molecule has 0 saturated heterocycles. The number of hydrogen-bond donors (Lipinski definition) is 1. The molecule has 4 rings (SSSR count). The normalized spacial score (nSPS) is 25.2. The number of methoxy groups -OCH3 is 1. The number of amidine groups is 1. The Kier molecular flexibility index (Phi) is 6.40. The van der Waals surface area contributed by atoms with E-state index in [0.717, 1.165) is 6.07 Å². The smallest absolute Gasteiger partial charge is 0.185 e. The van der Waals surface area contributed by atoms with Crippen LogP contribution in [0.3, 0.4) is 0 Å². The number of terminal acetylenes is 1. The Bertz CT molecular complexity index is 1230. The van der Waals surface area contributed by atoms with Gasteiger partial charge in [-0.05, 0) is 49.6 Å². The van der Waals surface area contributed by atoms with Gasteiger partial charge >= 0.3 is 0 Å². The second-order valence-electron chi connectivity index (χ2n) is 8.82. The highest BCUT2D eigenvalue weighted by Gasteiger charge is 2.66. The molecule has 6 nitrogen and oxygen atoms in total. The lowest BCUT2D eigenvalue weighted by Crippen LogP contribution is -2.38. The summed E-state index contributed by atoms with van der Waals surface area (Å²) in [7, 11) is 1.60. The zero-order chi connectivity index (χ0) is 24.7. The molecular weight excluding hydrogens is 460 g/mol. The molecule has 1 fully saturated rings. The third-order valence-electron chi connectivity index (χ3n) is 6.38. The van der Waals surface area contributed by atoms with Crippen LogP contribution >= 0.6 is 11.8 Å². The largest absolute Gasteiger partial charge is 0.479 e. The van der Waals surface area contributed by atoms with E-state index in [9.17, 15) is 9.18 Å². The number of carbonyl (C=O) groups excluding carboxylic acids is 1. The van der Waals surface area contributed by atoms with Crippen molar-refractivity contribution in [1.82, 2.24) is 4.98 Å². The number of halogens is 2. The molecule has 2 aromatic rings. The fourth-order valence-corrected chi connectivity index (χ4v) is 6.21. The summed E-state index contributed by atoms with van der Waals surface area (Å²) in [6, 6.07) is 4.22. The molecule has 0 radical (unpaired) electrons. The summed E-state index contributed by atoms with van der Waals surface area (Å²) in [5, 5.41) is 0.307. The van der Waals surface area contributed by atoms with Crippen LogP contribution in [0.25, 0.3) is 0 Å². The summed E-state index contributed by atoms with van der Waals surface area (Å²) in [6.07, 6.45) is 7.16. The van der Waals surface area contributed by atoms with Crippen LogP contribution in [0, 0.1) is 36.8 Å². The van der Waals surface area contributed by atoms with Gasteiger partial charge in [-0.15, -0.1) is 6.42 Å². The molecule has 0 spiro atoms. The Morgan fingerprint density at radius 3 is 2.82 bits per heavy atom. The van der Waals surface area contributed by atoms with Crippen LogP contribution in [0.5, 0.6) is 5.75 Å². The van der Waals surface area contributed by atoms with Crippen LogP contribution in [-0.4, -0.2) is 41.0 Å². The molecule has 3 atom stereocenters. The van der Waals surface area contributed by atoms with Gasteiger partial charge in [0.1, 0.15) is 18.1 Å². The topological polar surface area (TPSA) is 86.8 Å². The van der Waals surface area contributed by atoms with Crippen molar-refractivity contribution in [2.45, 2.75) is 37.0 Å². The van der Waals surface area contributed by atoms with Gasteiger partial charge in [0.05, 0.1) is 23.1 Å². The number of nitrogens with zero attached hydrogens (tertiary/aromatic N) is 2. The second-order valence-corrected chi connectivity index (χ2v) is 10.3. The Morgan fingerprint density at radius 2 is 2.15 bits per heavy atom. The summed E-state index contributed by atoms with van der Waals surface area (Å²) in [5.74, 6) is 0.393. The Hall–Kier alpha value is -2.96. The SMILES string of the molecule is C#CCOc1cnc(C(=O)Cc2cc(F)c(F)c([C@@]3(C)N=C(N)S[C@@]4(COC)C[C@H]43)c2)c(C)c1. The number of ketones is 1. The van der Waals surface area contributed by atoms with E-state index in [1.165, 1.54) is 24.0 Å². The summed E-state index contributed by atoms with van der Waals surface area (Å²) in [4.78, 5) is 21.7. The van der Waals surface area contributed by atoms with Crippen LogP contribution < -0.4 is 10.5 Å². The average molecular weight is 486 g/mol. The highest BCUT2D eigenvalue weighted by Crippen LogP contribution is 2.66. The summed E-state index contributed by atoms with van der Waals surface area (Å²) in [5.41, 5.74) is 6.25. The minimum Gasteiger partial charge on any atom is -0.479 e. The van der Waals surface area contributed by atoms with E-state index < -0.39 is 17.2 Å². The van der Waals surface area contributed by atoms with Gasteiger partial charge in [-0.25, -0.2) is 13.8 Å². The lowest BCUT2D eigenvalue weighted by molar-refractivity contribution is 0.0987. The molecule has 2 N–H and O–H groups in total. The van der Waals surface area contributed by atoms with E-state index in [1.54, 1.807) is 27.0 Å². The molecular formula is C25H25F2N3O3S. The van der Waals surface area contributed by atoms with Crippen molar-refractivity contribution in [3.05, 3.63) is 58.4 Å². The second kappa shape index (κ2) is 9.01. The van der Waals surface area contributed by atoms with Crippen molar-refractivity contribution < 1.29 is 23.0 Å². The van der Waals surface area contributed by atoms with Crippen molar-refractivity contribution in [3.63, 3.8) is 0 Å². The van der Waals surface area contributed by atoms with Crippen LogP contribution in [-0.2, 0) is 16.7 Å². The van der Waals surface area contributed by atoms with Gasteiger partial charge in [0.25, 0.3) is 0 Å². The quantitative estimate of drug-likeness (QED) is 0.452. The minimum absolute atomic E-state index is 0.0726. The Morgan fingerprint density at radius 1 is 1.38 bits per heavy atom. The van der Waals surface area contributed by atoms with Crippen molar-refractivity contribution in [3.8, 4) is 18.1 Å². The number of aromatic nitrogens is 1. The van der Waals surface area contributed by atoms with E-state index in [0.29, 0.717) is 35.1 Å². The van der Waals surface area contributed by atoms with Crippen LogP contribution in [0.1, 0.15) is 40.5 Å². The number of aryl methyl sites for hydroxylation is 1. The molecule has 0 bridgehead atoms. The number of fused-ring (bicyclic) bond motifs is 1. The van der Waals surface area contributed by atoms with Crippen molar-refractivity contribution in [1.29, 1.82) is 0 Å². The molecule has 2 aliphatic rings. The van der Waals surface area contributed by atoms with E-state index in [-0.39, 0.29) is 40.7 Å². The predicted molar refractivity (Wildman–Crippen MR) is 127 cm³/mol. The van der Waals surface area contributed by atoms with E-state index in [4.69, 9.17) is 21.6 Å². The van der Waals surface area contributed by atoms with Gasteiger partial charge in [-0.3, -0.25) is 9.79 Å². The van der Waals surface area contributed by atoms with Crippen LogP contribution in [0.2, 0.25) is 0 Å². The number of aliphatic imine (C=N–C) groups is 1. The standard InChI is InChI=1S/C25H25F2N3O3S/c1-5-6-33-16-7-14(2)22(29-12-16)19(31)10-15-8-17(21(27)18(26)9-15)24(3)20-11-25(20,13-32-4)34-23(28)30-24/h1,7-9,12,20H,6,10-11,13H2,2-4H3,(H2,28,30)/t20-,24+,25+/m0/s1. The van der Waals surface area contributed by atoms with E-state index >= 15 is 4.39 Å². The minimum atomic E-state index is -1.07. The maximum absolute atomic E-state index is 15.1. The zero-order valence-corrected chi connectivity index (χ0v) is 20.0. The number of nitrogens with two attached hydrogens (primary N) is 1. The molecule has 1 saturated carbocycles. The average Bonchev–Trinajstić information content (AvgIpc) is 3.49. The lowest BCUT2D eigenvalue weighted by atomic mass is 9.84. The van der Waals surface area contributed by atoms with Gasteiger partial charge in [-0.2, -0.15) is 0 Å². The van der Waals surface area contributed by atoms with Crippen molar-refractivity contribution >= 4 is 22.7 Å². The number of Topliss-reactive ketones (excluding diaryl/α,β-unsaturated/α-hetero) is 1. The fourth-order valence-electron chi connectivity index (χ4n) is 4.76. The first-order chi connectivity index (χ1) is 16.1. The predicted octanol–water partition coefficient (Wildman–Crippen LogP) is 3.79. The number of ether oxygens (including phenoxy) is 2. The first kappa shape index (κ1) is 24.2. The maximum atomic E-state index is 15.1. The monoisotopic (exact) mass is 485 g/mol. The number of pyridine rings is 1. The van der Waals surface area contributed by atoms with Crippen LogP contribution in [0.15, 0.2) is 29.4 Å². The molecule has 1 aromatic heterocycles. The Balaban J connectivity index is 1.64. The lowest BCUT2D eigenvalue weighted by Gasteiger charge is -2.34. The molecule has 34 heavy (non-hydrogen) atoms. The van der Waals surface area contributed by atoms with E-state index in [1.807, 2.05) is 0 Å². The highest BCUT2D eigenvalue weighted by molar-refractivity contribution is 8.15. The maximum Gasteiger partial charge on any atom is 0.185 e. The molecule has 1 aliphatic carbocycles. The first-order valence-electron chi connectivity index (χ1n) is 10.7. The van der Waals surface area contributed by atoms with Crippen molar-refractivity contribution in [2.24, 2.45) is 16.6 Å². The molecule has 1 aromatic carbocycles. The molecule has 1 aliphatic heterocycles. The third kappa shape index (κ3) is 4.28. The van der Waals surface area contributed by atoms with Gasteiger partial charge in [0.2, 0.25) is 0 Å². The number of hydrogen-bond acceptors (Lipinski definition) is 7. The summed E-state index contributed by atoms with van der Waals surface area (Å²) in [6.45, 7) is 4.00.